The van der Waals surface area contributed by atoms with E-state index in [0.717, 1.165) is 13.0 Å². The fraction of sp³-hybridized carbons (Fsp3) is 0.923. The summed E-state index contributed by atoms with van der Waals surface area (Å²) < 4.78 is 25.5. The summed E-state index contributed by atoms with van der Waals surface area (Å²) in [6.45, 7) is 6.49. The molecular formula is C13H26O6. The van der Waals surface area contributed by atoms with Gasteiger partial charge in [-0.05, 0) is 6.42 Å². The predicted octanol–water partition coefficient (Wildman–Crippen LogP) is 1.03. The van der Waals surface area contributed by atoms with Crippen LogP contribution in [-0.4, -0.2) is 65.9 Å². The van der Waals surface area contributed by atoms with Crippen molar-refractivity contribution in [3.05, 3.63) is 0 Å². The number of hydrogen-bond acceptors (Lipinski definition) is 6. The summed E-state index contributed by atoms with van der Waals surface area (Å²) in [4.78, 5) is 10.8. The van der Waals surface area contributed by atoms with Crippen molar-refractivity contribution in [2.24, 2.45) is 0 Å². The molecule has 114 valence electrons. The lowest BCUT2D eigenvalue weighted by Gasteiger charge is -2.07. The molecule has 0 aliphatic rings. The SMILES string of the molecule is CCCOCCOCCOCCOCCC(=O)OC. The molecule has 0 spiro atoms. The zero-order chi connectivity index (χ0) is 14.2. The standard InChI is InChI=1S/C13H26O6/c1-3-5-16-7-9-18-11-12-19-10-8-17-6-4-13(14)15-2/h3-12H2,1-2H3. The third-order valence-electron chi connectivity index (χ3n) is 2.14. The van der Waals surface area contributed by atoms with Crippen molar-refractivity contribution in [1.29, 1.82) is 0 Å². The van der Waals surface area contributed by atoms with E-state index in [1.807, 2.05) is 0 Å². The Labute approximate surface area is 115 Å². The van der Waals surface area contributed by atoms with Gasteiger partial charge in [0.15, 0.2) is 0 Å². The molecule has 0 aliphatic carbocycles. The highest BCUT2D eigenvalue weighted by molar-refractivity contribution is 5.69. The van der Waals surface area contributed by atoms with Gasteiger partial charge in [0.05, 0.1) is 59.8 Å². The third-order valence-corrected chi connectivity index (χ3v) is 2.14. The van der Waals surface area contributed by atoms with Crippen LogP contribution in [0.3, 0.4) is 0 Å². The highest BCUT2D eigenvalue weighted by Crippen LogP contribution is 1.87. The number of methoxy groups -OCH3 is 1. The van der Waals surface area contributed by atoms with E-state index in [1.54, 1.807) is 0 Å². The van der Waals surface area contributed by atoms with Crippen molar-refractivity contribution in [2.75, 3.05) is 60.0 Å². The zero-order valence-electron chi connectivity index (χ0n) is 12.0. The van der Waals surface area contributed by atoms with Gasteiger partial charge in [0, 0.05) is 6.61 Å². The Bertz CT molecular complexity index is 198. The Morgan fingerprint density at radius 1 is 0.737 bits per heavy atom. The van der Waals surface area contributed by atoms with Crippen molar-refractivity contribution < 1.29 is 28.5 Å². The Hall–Kier alpha value is -0.690. The highest BCUT2D eigenvalue weighted by Gasteiger charge is 1.98. The van der Waals surface area contributed by atoms with E-state index in [4.69, 9.17) is 18.9 Å². The molecule has 0 saturated heterocycles. The molecule has 19 heavy (non-hydrogen) atoms. The summed E-state index contributed by atoms with van der Waals surface area (Å²) in [6.07, 6.45) is 1.30. The van der Waals surface area contributed by atoms with Crippen molar-refractivity contribution in [3.8, 4) is 0 Å². The molecule has 0 aromatic rings. The molecule has 0 amide bonds. The Balaban J connectivity index is 2.97. The zero-order valence-corrected chi connectivity index (χ0v) is 12.0. The number of ether oxygens (including phenoxy) is 5. The lowest BCUT2D eigenvalue weighted by molar-refractivity contribution is -0.141. The van der Waals surface area contributed by atoms with Gasteiger partial charge in [-0.3, -0.25) is 4.79 Å². The van der Waals surface area contributed by atoms with E-state index in [1.165, 1.54) is 7.11 Å². The second-order valence-corrected chi connectivity index (χ2v) is 3.78. The lowest BCUT2D eigenvalue weighted by atomic mass is 10.5. The van der Waals surface area contributed by atoms with Gasteiger partial charge < -0.3 is 23.7 Å². The van der Waals surface area contributed by atoms with Crippen LogP contribution in [0.2, 0.25) is 0 Å². The van der Waals surface area contributed by atoms with Crippen LogP contribution in [0, 0.1) is 0 Å². The smallest absolute Gasteiger partial charge is 0.307 e. The molecule has 0 heterocycles. The van der Waals surface area contributed by atoms with Crippen LogP contribution in [0.5, 0.6) is 0 Å². The fourth-order valence-electron chi connectivity index (χ4n) is 1.16. The Morgan fingerprint density at radius 2 is 1.16 bits per heavy atom. The van der Waals surface area contributed by atoms with E-state index >= 15 is 0 Å². The van der Waals surface area contributed by atoms with Crippen LogP contribution < -0.4 is 0 Å². The summed E-state index contributed by atoms with van der Waals surface area (Å²) in [5.74, 6) is -0.264. The number of rotatable bonds is 14. The largest absolute Gasteiger partial charge is 0.469 e. The van der Waals surface area contributed by atoms with Crippen molar-refractivity contribution >= 4 is 5.97 Å². The maximum atomic E-state index is 10.8. The van der Waals surface area contributed by atoms with Gasteiger partial charge in [-0.15, -0.1) is 0 Å². The summed E-state index contributed by atoms with van der Waals surface area (Å²) in [5.41, 5.74) is 0. The monoisotopic (exact) mass is 278 g/mol. The molecular weight excluding hydrogens is 252 g/mol. The molecule has 0 aliphatic heterocycles. The summed E-state index contributed by atoms with van der Waals surface area (Å²) >= 11 is 0. The summed E-state index contributed by atoms with van der Waals surface area (Å²) in [6, 6.07) is 0. The van der Waals surface area contributed by atoms with Crippen LogP contribution >= 0.6 is 0 Å². The van der Waals surface area contributed by atoms with Gasteiger partial charge in [0.25, 0.3) is 0 Å². The first-order valence-corrected chi connectivity index (χ1v) is 6.69. The molecule has 0 rings (SSSR count). The van der Waals surface area contributed by atoms with Crippen LogP contribution in [-0.2, 0) is 28.5 Å². The fourth-order valence-corrected chi connectivity index (χ4v) is 1.16. The predicted molar refractivity (Wildman–Crippen MR) is 70.2 cm³/mol. The molecule has 0 bridgehead atoms. The molecule has 6 nitrogen and oxygen atoms in total. The van der Waals surface area contributed by atoms with Crippen LogP contribution in [0.15, 0.2) is 0 Å². The van der Waals surface area contributed by atoms with Crippen molar-refractivity contribution in [1.82, 2.24) is 0 Å². The van der Waals surface area contributed by atoms with Crippen LogP contribution in [0.25, 0.3) is 0 Å². The normalized spacial score (nSPS) is 10.6. The maximum Gasteiger partial charge on any atom is 0.307 e. The molecule has 0 atom stereocenters. The summed E-state index contributed by atoms with van der Waals surface area (Å²) in [5, 5.41) is 0. The summed E-state index contributed by atoms with van der Waals surface area (Å²) in [7, 11) is 1.36. The first-order chi connectivity index (χ1) is 9.31. The molecule has 0 saturated carbocycles. The van der Waals surface area contributed by atoms with E-state index in [9.17, 15) is 4.79 Å². The van der Waals surface area contributed by atoms with Gasteiger partial charge in [0.1, 0.15) is 0 Å². The molecule has 0 aromatic heterocycles. The second-order valence-electron chi connectivity index (χ2n) is 3.78. The molecule has 0 N–H and O–H groups in total. The first-order valence-electron chi connectivity index (χ1n) is 6.69. The van der Waals surface area contributed by atoms with E-state index < -0.39 is 0 Å². The molecule has 0 unspecified atom stereocenters. The highest BCUT2D eigenvalue weighted by atomic mass is 16.6. The Kier molecular flexibility index (Phi) is 14.8. The average molecular weight is 278 g/mol. The lowest BCUT2D eigenvalue weighted by Crippen LogP contribution is -2.13. The van der Waals surface area contributed by atoms with E-state index in [-0.39, 0.29) is 12.4 Å². The molecule has 0 radical (unpaired) electrons. The number of carbonyl (C=O) groups is 1. The number of esters is 1. The second kappa shape index (κ2) is 15.4. The van der Waals surface area contributed by atoms with Crippen LogP contribution in [0.4, 0.5) is 0 Å². The van der Waals surface area contributed by atoms with Gasteiger partial charge in [-0.2, -0.15) is 0 Å². The van der Waals surface area contributed by atoms with Gasteiger partial charge in [-0.1, -0.05) is 6.92 Å². The number of carbonyl (C=O) groups excluding carboxylic acids is 1. The Morgan fingerprint density at radius 3 is 1.58 bits per heavy atom. The minimum Gasteiger partial charge on any atom is -0.469 e. The minimum atomic E-state index is -0.264. The number of hydrogen-bond donors (Lipinski definition) is 0. The molecule has 0 fully saturated rings. The third kappa shape index (κ3) is 15.3. The van der Waals surface area contributed by atoms with Crippen molar-refractivity contribution in [3.63, 3.8) is 0 Å². The van der Waals surface area contributed by atoms with Crippen molar-refractivity contribution in [2.45, 2.75) is 19.8 Å². The average Bonchev–Trinajstić information content (AvgIpc) is 2.43. The quantitative estimate of drug-likeness (QED) is 0.349. The maximum absolute atomic E-state index is 10.8. The minimum absolute atomic E-state index is 0.264. The van der Waals surface area contributed by atoms with E-state index in [0.29, 0.717) is 46.2 Å². The first kappa shape index (κ1) is 18.3. The molecule has 0 aromatic carbocycles. The van der Waals surface area contributed by atoms with E-state index in [2.05, 4.69) is 11.7 Å². The molecule has 6 heteroatoms. The van der Waals surface area contributed by atoms with Gasteiger partial charge >= 0.3 is 5.97 Å². The van der Waals surface area contributed by atoms with Crippen LogP contribution in [0.1, 0.15) is 19.8 Å². The van der Waals surface area contributed by atoms with Gasteiger partial charge in [-0.25, -0.2) is 0 Å². The topological polar surface area (TPSA) is 63.2 Å². The van der Waals surface area contributed by atoms with Gasteiger partial charge in [0.2, 0.25) is 0 Å².